The Morgan fingerprint density at radius 3 is 2.44 bits per heavy atom. The Bertz CT molecular complexity index is 1290. The standard InChI is InChI=1S/C30H39N3O7S/c1-18(16-34)17-39-21(20-11-9-8-10-12-20)15-32-26-22(19(2)23(41-26)24-31-13-14-38-24)25(35)33(28(32)37)30(6,7)27(36)40-29(3,4)5/h8-14,18,21,23,26,34H,15-17H2,1-7H3/t18?,21-,23?,26?/m0/s1. The van der Waals surface area contributed by atoms with Gasteiger partial charge >= 0.3 is 12.0 Å². The first kappa shape index (κ1) is 30.8. The highest BCUT2D eigenvalue weighted by Gasteiger charge is 2.56. The fourth-order valence-corrected chi connectivity index (χ4v) is 6.34. The van der Waals surface area contributed by atoms with Crippen molar-refractivity contribution < 1.29 is 33.4 Å². The molecule has 3 unspecified atom stereocenters. The number of aliphatic hydroxyl groups is 1. The minimum atomic E-state index is -1.60. The van der Waals surface area contributed by atoms with Crippen LogP contribution in [-0.4, -0.2) is 74.1 Å². The Morgan fingerprint density at radius 2 is 1.85 bits per heavy atom. The fraction of sp³-hybridized carbons (Fsp3) is 0.533. The number of ether oxygens (including phenoxy) is 2. The van der Waals surface area contributed by atoms with Crippen LogP contribution in [0.1, 0.15) is 71.3 Å². The first-order chi connectivity index (χ1) is 19.3. The minimum absolute atomic E-state index is 0.0428. The van der Waals surface area contributed by atoms with Crippen LogP contribution in [0.5, 0.6) is 0 Å². The summed E-state index contributed by atoms with van der Waals surface area (Å²) in [5.41, 5.74) is -0.457. The molecule has 2 aliphatic rings. The molecule has 1 saturated heterocycles. The molecular formula is C30H39N3O7S. The van der Waals surface area contributed by atoms with Crippen molar-refractivity contribution in [2.45, 2.75) is 76.3 Å². The summed E-state index contributed by atoms with van der Waals surface area (Å²) in [5, 5.41) is 8.54. The van der Waals surface area contributed by atoms with Gasteiger partial charge in [-0.3, -0.25) is 4.79 Å². The number of hydrogen-bond acceptors (Lipinski definition) is 9. The van der Waals surface area contributed by atoms with Crippen molar-refractivity contribution in [3.63, 3.8) is 0 Å². The monoisotopic (exact) mass is 585 g/mol. The number of aliphatic hydroxyl groups excluding tert-OH is 1. The van der Waals surface area contributed by atoms with Crippen molar-refractivity contribution in [2.24, 2.45) is 5.92 Å². The Balaban J connectivity index is 1.77. The van der Waals surface area contributed by atoms with Crippen LogP contribution in [-0.2, 0) is 19.1 Å². The number of oxazole rings is 1. The maximum absolute atomic E-state index is 14.3. The van der Waals surface area contributed by atoms with Crippen LogP contribution in [0.3, 0.4) is 0 Å². The minimum Gasteiger partial charge on any atom is -0.458 e. The number of hydrogen-bond donors (Lipinski definition) is 1. The zero-order valence-corrected chi connectivity index (χ0v) is 25.4. The van der Waals surface area contributed by atoms with Crippen molar-refractivity contribution in [3.8, 4) is 0 Å². The van der Waals surface area contributed by atoms with Crippen LogP contribution in [0.2, 0.25) is 0 Å². The molecule has 1 fully saturated rings. The molecule has 222 valence electrons. The van der Waals surface area contributed by atoms with E-state index in [2.05, 4.69) is 4.98 Å². The lowest BCUT2D eigenvalue weighted by Gasteiger charge is -2.46. The third kappa shape index (κ3) is 6.37. The van der Waals surface area contributed by atoms with E-state index in [1.807, 2.05) is 44.2 Å². The Kier molecular flexibility index (Phi) is 9.01. The molecule has 2 aliphatic heterocycles. The molecular weight excluding hydrogens is 546 g/mol. The number of carbonyl (C=O) groups is 3. The van der Waals surface area contributed by atoms with E-state index in [4.69, 9.17) is 13.9 Å². The van der Waals surface area contributed by atoms with Gasteiger partial charge in [-0.1, -0.05) is 37.3 Å². The van der Waals surface area contributed by atoms with Crippen LogP contribution in [0.15, 0.2) is 58.4 Å². The highest BCUT2D eigenvalue weighted by molar-refractivity contribution is 8.00. The molecule has 0 saturated carbocycles. The summed E-state index contributed by atoms with van der Waals surface area (Å²) < 4.78 is 17.5. The molecule has 3 heterocycles. The molecule has 2 aromatic rings. The van der Waals surface area contributed by atoms with Gasteiger partial charge in [-0.2, -0.15) is 0 Å². The number of carbonyl (C=O) groups excluding carboxylic acids is 3. The average molecular weight is 586 g/mol. The molecule has 0 radical (unpaired) electrons. The SMILES string of the molecule is CC1=C2C(=O)N(C(C)(C)C(=O)OC(C)(C)C)C(=O)N(C[C@H](OCC(C)CO)c3ccccc3)C2SC1c1ncco1. The summed E-state index contributed by atoms with van der Waals surface area (Å²) in [6.45, 7) is 12.3. The van der Waals surface area contributed by atoms with E-state index in [0.29, 0.717) is 17.0 Å². The zero-order chi connectivity index (χ0) is 30.1. The second-order valence-electron chi connectivity index (χ2n) is 12.0. The lowest BCUT2D eigenvalue weighted by Crippen LogP contribution is -2.66. The van der Waals surface area contributed by atoms with Crippen molar-refractivity contribution in [2.75, 3.05) is 19.8 Å². The number of benzene rings is 1. The van der Waals surface area contributed by atoms with E-state index < -0.39 is 40.5 Å². The first-order valence-electron chi connectivity index (χ1n) is 13.7. The molecule has 41 heavy (non-hydrogen) atoms. The van der Waals surface area contributed by atoms with E-state index >= 15 is 0 Å². The fourth-order valence-electron chi connectivity index (χ4n) is 4.78. The molecule has 0 aliphatic carbocycles. The topological polar surface area (TPSA) is 122 Å². The van der Waals surface area contributed by atoms with Gasteiger partial charge in [-0.15, -0.1) is 11.8 Å². The summed E-state index contributed by atoms with van der Waals surface area (Å²) in [6.07, 6.45) is 2.46. The number of thioether (sulfide) groups is 1. The number of aromatic nitrogens is 1. The number of imide groups is 1. The highest BCUT2D eigenvalue weighted by Crippen LogP contribution is 2.52. The van der Waals surface area contributed by atoms with Gasteiger partial charge in [0, 0.05) is 12.5 Å². The van der Waals surface area contributed by atoms with Gasteiger partial charge in [0.05, 0.1) is 24.9 Å². The molecule has 1 N–H and O–H groups in total. The van der Waals surface area contributed by atoms with Crippen molar-refractivity contribution in [1.82, 2.24) is 14.8 Å². The van der Waals surface area contributed by atoms with Crippen LogP contribution >= 0.6 is 11.8 Å². The summed E-state index contributed by atoms with van der Waals surface area (Å²) in [4.78, 5) is 48.7. The van der Waals surface area contributed by atoms with Crippen LogP contribution < -0.4 is 0 Å². The Hall–Kier alpha value is -3.15. The molecule has 4 rings (SSSR count). The summed E-state index contributed by atoms with van der Waals surface area (Å²) in [5.74, 6) is -0.918. The summed E-state index contributed by atoms with van der Waals surface area (Å²) in [6, 6.07) is 8.88. The molecule has 11 heteroatoms. The number of rotatable bonds is 10. The predicted molar refractivity (Wildman–Crippen MR) is 154 cm³/mol. The van der Waals surface area contributed by atoms with Gasteiger partial charge in [0.1, 0.15) is 34.1 Å². The molecule has 1 aromatic heterocycles. The molecule has 10 nitrogen and oxygen atoms in total. The normalized spacial score (nSPS) is 21.3. The van der Waals surface area contributed by atoms with Crippen LogP contribution in [0.25, 0.3) is 0 Å². The molecule has 1 aromatic carbocycles. The number of urea groups is 1. The number of fused-ring (bicyclic) bond motifs is 1. The van der Waals surface area contributed by atoms with E-state index in [1.165, 1.54) is 31.9 Å². The van der Waals surface area contributed by atoms with Gasteiger partial charge in [0.25, 0.3) is 5.91 Å². The molecule has 4 atom stereocenters. The largest absolute Gasteiger partial charge is 0.458 e. The zero-order valence-electron chi connectivity index (χ0n) is 24.6. The second kappa shape index (κ2) is 12.0. The maximum atomic E-state index is 14.3. The third-order valence-corrected chi connectivity index (χ3v) is 8.62. The van der Waals surface area contributed by atoms with Gasteiger partial charge in [0.2, 0.25) is 5.89 Å². The second-order valence-corrected chi connectivity index (χ2v) is 13.2. The first-order valence-corrected chi connectivity index (χ1v) is 14.6. The summed E-state index contributed by atoms with van der Waals surface area (Å²) in [7, 11) is 0. The van der Waals surface area contributed by atoms with Crippen LogP contribution in [0, 0.1) is 5.92 Å². The van der Waals surface area contributed by atoms with Crippen molar-refractivity contribution >= 4 is 29.7 Å². The quantitative estimate of drug-likeness (QED) is 0.389. The highest BCUT2D eigenvalue weighted by atomic mass is 32.2. The van der Waals surface area contributed by atoms with Gasteiger partial charge < -0.3 is 23.9 Å². The lowest BCUT2D eigenvalue weighted by atomic mass is 9.96. The lowest BCUT2D eigenvalue weighted by molar-refractivity contribution is -0.169. The van der Waals surface area contributed by atoms with Crippen molar-refractivity contribution in [3.05, 3.63) is 65.4 Å². The van der Waals surface area contributed by atoms with E-state index in [0.717, 1.165) is 10.5 Å². The number of amides is 3. The van der Waals surface area contributed by atoms with Gasteiger partial charge in [-0.05, 0) is 52.7 Å². The Labute approximate surface area is 245 Å². The third-order valence-electron chi connectivity index (χ3n) is 7.04. The molecule has 0 spiro atoms. The summed E-state index contributed by atoms with van der Waals surface area (Å²) >= 11 is 1.39. The molecule has 3 amide bonds. The smallest absolute Gasteiger partial charge is 0.332 e. The average Bonchev–Trinajstić information content (AvgIpc) is 3.55. The molecule has 0 bridgehead atoms. The Morgan fingerprint density at radius 1 is 1.17 bits per heavy atom. The van der Waals surface area contributed by atoms with E-state index in [9.17, 15) is 19.5 Å². The number of esters is 1. The van der Waals surface area contributed by atoms with Gasteiger partial charge in [0.15, 0.2) is 0 Å². The number of nitrogens with zero attached hydrogens (tertiary/aromatic N) is 3. The van der Waals surface area contributed by atoms with Crippen LogP contribution in [0.4, 0.5) is 4.79 Å². The predicted octanol–water partition coefficient (Wildman–Crippen LogP) is 4.88. The van der Waals surface area contributed by atoms with E-state index in [-0.39, 0.29) is 30.9 Å². The van der Waals surface area contributed by atoms with Gasteiger partial charge in [-0.25, -0.2) is 19.5 Å². The maximum Gasteiger partial charge on any atom is 0.332 e. The van der Waals surface area contributed by atoms with Crippen molar-refractivity contribution in [1.29, 1.82) is 0 Å². The van der Waals surface area contributed by atoms with E-state index in [1.54, 1.807) is 31.9 Å².